The van der Waals surface area contributed by atoms with Gasteiger partial charge in [0.25, 0.3) is 0 Å². The number of nitrogens with zero attached hydrogens (tertiary/aromatic N) is 1. The molecule has 3 atom stereocenters. The number of benzene rings is 1. The Labute approximate surface area is 138 Å². The first-order valence-corrected chi connectivity index (χ1v) is 9.38. The molecule has 128 valence electrons. The van der Waals surface area contributed by atoms with E-state index in [0.717, 1.165) is 0 Å². The Morgan fingerprint density at radius 2 is 2.04 bits per heavy atom. The molecule has 0 aliphatic carbocycles. The van der Waals surface area contributed by atoms with Gasteiger partial charge in [0.15, 0.2) is 0 Å². The summed E-state index contributed by atoms with van der Waals surface area (Å²) in [6, 6.07) is 5.40. The molecule has 2 rings (SSSR count). The van der Waals surface area contributed by atoms with Crippen LogP contribution >= 0.6 is 0 Å². The maximum Gasteiger partial charge on any atom is 0.242 e. The van der Waals surface area contributed by atoms with E-state index in [1.165, 1.54) is 6.07 Å². The first kappa shape index (κ1) is 18.0. The standard InChI is InChI=1S/C16H23FN2O3S/c1-12(11-23(2)21)18-16(20)15(19-7-9-22-10-8-19)13-5-3-4-6-14(13)17/h3-6,12,15H,7-11H2,1-2H3,(H,18,20)/t12-,15-,23+/m1/s1. The van der Waals surface area contributed by atoms with Gasteiger partial charge in [-0.15, -0.1) is 0 Å². The van der Waals surface area contributed by atoms with Gasteiger partial charge in [0.1, 0.15) is 11.9 Å². The third-order valence-electron chi connectivity index (χ3n) is 3.73. The van der Waals surface area contributed by atoms with Crippen LogP contribution in [0.5, 0.6) is 0 Å². The van der Waals surface area contributed by atoms with Gasteiger partial charge in [0.05, 0.1) is 13.2 Å². The molecule has 1 fully saturated rings. The fourth-order valence-electron chi connectivity index (χ4n) is 2.75. The summed E-state index contributed by atoms with van der Waals surface area (Å²) < 4.78 is 30.8. The van der Waals surface area contributed by atoms with Gasteiger partial charge >= 0.3 is 0 Å². The van der Waals surface area contributed by atoms with Crippen LogP contribution in [-0.4, -0.2) is 59.4 Å². The Morgan fingerprint density at radius 1 is 1.39 bits per heavy atom. The number of carbonyl (C=O) groups excluding carboxylic acids is 1. The number of ether oxygens (including phenoxy) is 1. The van der Waals surface area contributed by atoms with E-state index in [2.05, 4.69) is 5.32 Å². The minimum absolute atomic E-state index is 0.233. The second-order valence-corrected chi connectivity index (χ2v) is 7.20. The lowest BCUT2D eigenvalue weighted by Crippen LogP contribution is -2.48. The summed E-state index contributed by atoms with van der Waals surface area (Å²) in [6.45, 7) is 3.98. The van der Waals surface area contributed by atoms with Gasteiger partial charge in [-0.1, -0.05) is 18.2 Å². The average Bonchev–Trinajstić information content (AvgIpc) is 2.49. The van der Waals surface area contributed by atoms with Crippen LogP contribution in [0, 0.1) is 5.82 Å². The molecule has 23 heavy (non-hydrogen) atoms. The van der Waals surface area contributed by atoms with Crippen molar-refractivity contribution in [3.63, 3.8) is 0 Å². The molecule has 1 aliphatic rings. The lowest BCUT2D eigenvalue weighted by Gasteiger charge is -2.34. The highest BCUT2D eigenvalue weighted by atomic mass is 32.2. The molecule has 7 heteroatoms. The second-order valence-electron chi connectivity index (χ2n) is 5.72. The van der Waals surface area contributed by atoms with Crippen LogP contribution in [0.1, 0.15) is 18.5 Å². The second kappa shape index (κ2) is 8.52. The Morgan fingerprint density at radius 3 is 2.65 bits per heavy atom. The normalized spacial score (nSPS) is 19.8. The molecule has 5 nitrogen and oxygen atoms in total. The molecule has 1 aromatic carbocycles. The SMILES string of the molecule is C[C@H](C[S@](C)=O)NC(=O)[C@@H](c1ccccc1F)N1CCOCC1. The molecule has 0 unspecified atom stereocenters. The van der Waals surface area contributed by atoms with Crippen molar-refractivity contribution in [1.82, 2.24) is 10.2 Å². The van der Waals surface area contributed by atoms with Crippen LogP contribution in [0.3, 0.4) is 0 Å². The Bertz CT molecular complexity index is 564. The first-order valence-electron chi connectivity index (χ1n) is 7.65. The summed E-state index contributed by atoms with van der Waals surface area (Å²) in [6.07, 6.45) is 1.60. The number of hydrogen-bond donors (Lipinski definition) is 1. The maximum absolute atomic E-state index is 14.2. The molecular weight excluding hydrogens is 319 g/mol. The van der Waals surface area contributed by atoms with Crippen molar-refractivity contribution in [2.24, 2.45) is 0 Å². The molecule has 1 heterocycles. The maximum atomic E-state index is 14.2. The fraction of sp³-hybridized carbons (Fsp3) is 0.562. The Balaban J connectivity index is 2.20. The molecule has 1 N–H and O–H groups in total. The van der Waals surface area contributed by atoms with Crippen molar-refractivity contribution in [3.8, 4) is 0 Å². The van der Waals surface area contributed by atoms with E-state index in [1.807, 2.05) is 4.90 Å². The predicted molar refractivity (Wildman–Crippen MR) is 88.1 cm³/mol. The summed E-state index contributed by atoms with van der Waals surface area (Å²) in [4.78, 5) is 14.7. The van der Waals surface area contributed by atoms with Crippen molar-refractivity contribution in [3.05, 3.63) is 35.6 Å². The van der Waals surface area contributed by atoms with Gasteiger partial charge in [0.2, 0.25) is 5.91 Å². The third-order valence-corrected chi connectivity index (χ3v) is 4.70. The van der Waals surface area contributed by atoms with Crippen LogP contribution in [0.25, 0.3) is 0 Å². The molecule has 1 aliphatic heterocycles. The summed E-state index contributed by atoms with van der Waals surface area (Å²) in [5.41, 5.74) is 0.358. The molecular formula is C16H23FN2O3S. The van der Waals surface area contributed by atoms with Crippen LogP contribution < -0.4 is 5.32 Å². The highest BCUT2D eigenvalue weighted by Crippen LogP contribution is 2.24. The van der Waals surface area contributed by atoms with Gasteiger partial charge in [-0.25, -0.2) is 4.39 Å². The molecule has 0 bridgehead atoms. The Hall–Kier alpha value is -1.31. The fourth-order valence-corrected chi connectivity index (χ4v) is 3.54. The van der Waals surface area contributed by atoms with Crippen LogP contribution in [0.2, 0.25) is 0 Å². The van der Waals surface area contributed by atoms with Gasteiger partial charge in [0, 0.05) is 47.5 Å². The van der Waals surface area contributed by atoms with Gasteiger partial charge < -0.3 is 10.1 Å². The number of halogens is 1. The van der Waals surface area contributed by atoms with Crippen molar-refractivity contribution in [2.45, 2.75) is 19.0 Å². The molecule has 1 saturated heterocycles. The monoisotopic (exact) mass is 342 g/mol. The van der Waals surface area contributed by atoms with Gasteiger partial charge in [-0.05, 0) is 13.0 Å². The smallest absolute Gasteiger partial charge is 0.242 e. The summed E-state index contributed by atoms with van der Waals surface area (Å²) in [5.74, 6) is -0.292. The lowest BCUT2D eigenvalue weighted by atomic mass is 10.0. The molecule has 0 aromatic heterocycles. The average molecular weight is 342 g/mol. The number of carbonyl (C=O) groups is 1. The van der Waals surface area contributed by atoms with Crippen molar-refractivity contribution >= 4 is 16.7 Å². The zero-order valence-electron chi connectivity index (χ0n) is 13.5. The van der Waals surface area contributed by atoms with E-state index >= 15 is 0 Å². The topological polar surface area (TPSA) is 58.6 Å². The Kier molecular flexibility index (Phi) is 6.68. The number of hydrogen-bond acceptors (Lipinski definition) is 4. The number of amides is 1. The van der Waals surface area contributed by atoms with Crippen LogP contribution in [-0.2, 0) is 20.3 Å². The minimum Gasteiger partial charge on any atom is -0.379 e. The highest BCUT2D eigenvalue weighted by molar-refractivity contribution is 7.84. The number of rotatable bonds is 6. The number of morpholine rings is 1. The van der Waals surface area contributed by atoms with E-state index in [4.69, 9.17) is 4.74 Å². The van der Waals surface area contributed by atoms with E-state index in [1.54, 1.807) is 31.4 Å². The largest absolute Gasteiger partial charge is 0.379 e. The molecule has 0 radical (unpaired) electrons. The van der Waals surface area contributed by atoms with E-state index in [0.29, 0.717) is 37.6 Å². The molecule has 0 spiro atoms. The van der Waals surface area contributed by atoms with Crippen molar-refractivity contribution in [2.75, 3.05) is 38.3 Å². The van der Waals surface area contributed by atoms with Gasteiger partial charge in [-0.2, -0.15) is 0 Å². The highest BCUT2D eigenvalue weighted by Gasteiger charge is 2.31. The minimum atomic E-state index is -1.00. The summed E-state index contributed by atoms with van der Waals surface area (Å²) >= 11 is 0. The van der Waals surface area contributed by atoms with Crippen molar-refractivity contribution < 1.29 is 18.1 Å². The van der Waals surface area contributed by atoms with Gasteiger partial charge in [-0.3, -0.25) is 13.9 Å². The van der Waals surface area contributed by atoms with Crippen LogP contribution in [0.4, 0.5) is 4.39 Å². The van der Waals surface area contributed by atoms with Crippen LogP contribution in [0.15, 0.2) is 24.3 Å². The van der Waals surface area contributed by atoms with E-state index < -0.39 is 22.7 Å². The van der Waals surface area contributed by atoms with E-state index in [-0.39, 0.29) is 11.9 Å². The summed E-state index contributed by atoms with van der Waals surface area (Å²) in [5, 5.41) is 2.85. The zero-order chi connectivity index (χ0) is 16.8. The predicted octanol–water partition coefficient (Wildman–Crippen LogP) is 1.08. The quantitative estimate of drug-likeness (QED) is 0.841. The third kappa shape index (κ3) is 5.09. The zero-order valence-corrected chi connectivity index (χ0v) is 14.3. The summed E-state index contributed by atoms with van der Waals surface area (Å²) in [7, 11) is -1.00. The molecule has 1 amide bonds. The molecule has 0 saturated carbocycles. The van der Waals surface area contributed by atoms with Crippen molar-refractivity contribution in [1.29, 1.82) is 0 Å². The lowest BCUT2D eigenvalue weighted by molar-refractivity contribution is -0.129. The number of nitrogens with one attached hydrogen (secondary N) is 1. The molecule has 1 aromatic rings. The first-order chi connectivity index (χ1) is 11.0. The van der Waals surface area contributed by atoms with E-state index in [9.17, 15) is 13.4 Å².